The van der Waals surface area contributed by atoms with Gasteiger partial charge in [0, 0.05) is 39.1 Å². The Morgan fingerprint density at radius 2 is 2.07 bits per heavy atom. The largest absolute Gasteiger partial charge is 0.495 e. The van der Waals surface area contributed by atoms with E-state index in [0.29, 0.717) is 12.6 Å². The van der Waals surface area contributed by atoms with Crippen LogP contribution in [0.4, 0.5) is 5.69 Å². The molecule has 2 aliphatic rings. The van der Waals surface area contributed by atoms with E-state index < -0.39 is 0 Å². The predicted octanol–water partition coefficient (Wildman–Crippen LogP) is 2.58. The standard InChI is InChI=1S/C21H31N7O.HI/c1-22-21(23-14-20-26-25-19-10-4-3-7-12-28(19)20)24-16-11-13-27(15-16)17-8-5-6-9-18(17)29-2;/h5-6,8-9,16H,3-4,7,10-15H2,1-2H3,(H2,22,23,24);1H. The number of nitrogens with zero attached hydrogens (tertiary/aromatic N) is 5. The van der Waals surface area contributed by atoms with Gasteiger partial charge >= 0.3 is 0 Å². The highest BCUT2D eigenvalue weighted by atomic mass is 127. The minimum absolute atomic E-state index is 0. The van der Waals surface area contributed by atoms with Gasteiger partial charge in [-0.2, -0.15) is 0 Å². The minimum Gasteiger partial charge on any atom is -0.495 e. The topological polar surface area (TPSA) is 79.6 Å². The third kappa shape index (κ3) is 5.16. The highest BCUT2D eigenvalue weighted by Crippen LogP contribution is 2.30. The van der Waals surface area contributed by atoms with Gasteiger partial charge in [-0.05, 0) is 31.4 Å². The van der Waals surface area contributed by atoms with Crippen molar-refractivity contribution in [3.63, 3.8) is 0 Å². The molecule has 1 saturated heterocycles. The van der Waals surface area contributed by atoms with Gasteiger partial charge in [0.25, 0.3) is 0 Å². The minimum atomic E-state index is 0. The Morgan fingerprint density at radius 3 is 2.90 bits per heavy atom. The van der Waals surface area contributed by atoms with E-state index in [0.717, 1.165) is 61.5 Å². The number of methoxy groups -OCH3 is 1. The number of para-hydroxylation sites is 2. The molecular formula is C21H32IN7O. The van der Waals surface area contributed by atoms with E-state index >= 15 is 0 Å². The van der Waals surface area contributed by atoms with Crippen molar-refractivity contribution in [3.05, 3.63) is 35.9 Å². The zero-order chi connectivity index (χ0) is 20.1. The molecule has 2 N–H and O–H groups in total. The zero-order valence-corrected chi connectivity index (χ0v) is 20.1. The smallest absolute Gasteiger partial charge is 0.191 e. The van der Waals surface area contributed by atoms with Gasteiger partial charge in [0.05, 0.1) is 19.3 Å². The molecule has 30 heavy (non-hydrogen) atoms. The summed E-state index contributed by atoms with van der Waals surface area (Å²) in [5.41, 5.74) is 1.15. The zero-order valence-electron chi connectivity index (χ0n) is 17.8. The molecule has 164 valence electrons. The van der Waals surface area contributed by atoms with Crippen LogP contribution in [-0.4, -0.2) is 54.0 Å². The Morgan fingerprint density at radius 1 is 1.20 bits per heavy atom. The van der Waals surface area contributed by atoms with Crippen molar-refractivity contribution in [3.8, 4) is 5.75 Å². The lowest BCUT2D eigenvalue weighted by molar-refractivity contribution is 0.415. The average molecular weight is 525 g/mol. The highest BCUT2D eigenvalue weighted by Gasteiger charge is 2.25. The summed E-state index contributed by atoms with van der Waals surface area (Å²) in [5, 5.41) is 15.7. The quantitative estimate of drug-likeness (QED) is 0.355. The van der Waals surface area contributed by atoms with Crippen LogP contribution in [0.2, 0.25) is 0 Å². The van der Waals surface area contributed by atoms with Crippen molar-refractivity contribution < 1.29 is 4.74 Å². The first-order chi connectivity index (χ1) is 14.3. The summed E-state index contributed by atoms with van der Waals surface area (Å²) in [7, 11) is 3.54. The van der Waals surface area contributed by atoms with Crippen molar-refractivity contribution in [2.75, 3.05) is 32.1 Å². The number of nitrogens with one attached hydrogen (secondary N) is 2. The van der Waals surface area contributed by atoms with Gasteiger partial charge in [0.1, 0.15) is 11.6 Å². The molecule has 1 fully saturated rings. The summed E-state index contributed by atoms with van der Waals surface area (Å²) in [4.78, 5) is 6.77. The molecule has 0 bridgehead atoms. The predicted molar refractivity (Wildman–Crippen MR) is 130 cm³/mol. The van der Waals surface area contributed by atoms with Gasteiger partial charge in [-0.25, -0.2) is 0 Å². The van der Waals surface area contributed by atoms with Gasteiger partial charge in [-0.15, -0.1) is 34.2 Å². The lowest BCUT2D eigenvalue weighted by Gasteiger charge is -2.22. The number of aromatic nitrogens is 3. The molecule has 0 saturated carbocycles. The van der Waals surface area contributed by atoms with Crippen LogP contribution in [0.3, 0.4) is 0 Å². The number of benzene rings is 1. The maximum absolute atomic E-state index is 5.52. The maximum Gasteiger partial charge on any atom is 0.191 e. The molecule has 0 radical (unpaired) electrons. The van der Waals surface area contributed by atoms with Crippen molar-refractivity contribution in [2.45, 2.75) is 51.2 Å². The second-order valence-electron chi connectivity index (χ2n) is 7.67. The van der Waals surface area contributed by atoms with Gasteiger partial charge in [-0.3, -0.25) is 4.99 Å². The third-order valence-electron chi connectivity index (χ3n) is 5.78. The van der Waals surface area contributed by atoms with Crippen molar-refractivity contribution in [1.29, 1.82) is 0 Å². The second kappa shape index (κ2) is 10.8. The number of halogens is 1. The number of aliphatic imine (C=N–C) groups is 1. The number of rotatable bonds is 5. The molecule has 2 aromatic rings. The first kappa shape index (κ1) is 22.6. The van der Waals surface area contributed by atoms with E-state index in [4.69, 9.17) is 4.74 Å². The van der Waals surface area contributed by atoms with Gasteiger partial charge in [0.15, 0.2) is 11.8 Å². The van der Waals surface area contributed by atoms with Gasteiger partial charge in [0.2, 0.25) is 0 Å². The molecule has 1 aromatic heterocycles. The fourth-order valence-corrected chi connectivity index (χ4v) is 4.21. The Labute approximate surface area is 195 Å². The van der Waals surface area contributed by atoms with Crippen LogP contribution in [0.5, 0.6) is 5.75 Å². The SMILES string of the molecule is CN=C(NCc1nnc2n1CCCCC2)NC1CCN(c2ccccc2OC)C1.I. The second-order valence-corrected chi connectivity index (χ2v) is 7.67. The molecule has 8 nitrogen and oxygen atoms in total. The molecule has 0 aliphatic carbocycles. The van der Waals surface area contributed by atoms with Crippen molar-refractivity contribution >= 4 is 35.6 Å². The molecule has 9 heteroatoms. The Hall–Kier alpha value is -2.04. The molecule has 3 heterocycles. The van der Waals surface area contributed by atoms with Crippen molar-refractivity contribution in [2.24, 2.45) is 4.99 Å². The number of ether oxygens (including phenoxy) is 1. The average Bonchev–Trinajstić information content (AvgIpc) is 3.31. The summed E-state index contributed by atoms with van der Waals surface area (Å²) in [6, 6.07) is 8.52. The number of guanidine groups is 1. The fraction of sp³-hybridized carbons (Fsp3) is 0.571. The first-order valence-electron chi connectivity index (χ1n) is 10.5. The van der Waals surface area contributed by atoms with Crippen LogP contribution in [0.1, 0.15) is 37.3 Å². The van der Waals surface area contributed by atoms with Crippen LogP contribution in [-0.2, 0) is 19.5 Å². The summed E-state index contributed by atoms with van der Waals surface area (Å²) in [5.74, 6) is 3.84. The lowest BCUT2D eigenvalue weighted by Crippen LogP contribution is -2.44. The van der Waals surface area contributed by atoms with E-state index in [1.165, 1.54) is 19.3 Å². The van der Waals surface area contributed by atoms with Crippen LogP contribution >= 0.6 is 24.0 Å². The van der Waals surface area contributed by atoms with E-state index in [1.807, 2.05) is 19.2 Å². The Bertz CT molecular complexity index is 854. The molecule has 1 aromatic carbocycles. The summed E-state index contributed by atoms with van der Waals surface area (Å²) in [6.45, 7) is 3.56. The molecular weight excluding hydrogens is 493 g/mol. The maximum atomic E-state index is 5.52. The number of anilines is 1. The Kier molecular flexibility index (Phi) is 8.17. The summed E-state index contributed by atoms with van der Waals surface area (Å²) < 4.78 is 7.79. The van der Waals surface area contributed by atoms with Crippen LogP contribution in [0.15, 0.2) is 29.3 Å². The summed E-state index contributed by atoms with van der Waals surface area (Å²) in [6.07, 6.45) is 5.76. The first-order valence-corrected chi connectivity index (χ1v) is 10.5. The lowest BCUT2D eigenvalue weighted by atomic mass is 10.2. The van der Waals surface area contributed by atoms with E-state index in [1.54, 1.807) is 7.11 Å². The number of hydrogen-bond donors (Lipinski definition) is 2. The number of fused-ring (bicyclic) bond motifs is 1. The molecule has 0 amide bonds. The van der Waals surface area contributed by atoms with E-state index in [-0.39, 0.29) is 24.0 Å². The molecule has 0 spiro atoms. The molecule has 4 rings (SSSR count). The van der Waals surface area contributed by atoms with Crippen molar-refractivity contribution in [1.82, 2.24) is 25.4 Å². The summed E-state index contributed by atoms with van der Waals surface area (Å²) >= 11 is 0. The third-order valence-corrected chi connectivity index (χ3v) is 5.78. The van der Waals surface area contributed by atoms with E-state index in [2.05, 4.69) is 47.4 Å². The monoisotopic (exact) mass is 525 g/mol. The van der Waals surface area contributed by atoms with Crippen LogP contribution < -0.4 is 20.3 Å². The Balaban J connectivity index is 0.00000256. The van der Waals surface area contributed by atoms with Gasteiger partial charge < -0.3 is 24.8 Å². The highest BCUT2D eigenvalue weighted by molar-refractivity contribution is 14.0. The number of hydrogen-bond acceptors (Lipinski definition) is 5. The molecule has 2 aliphatic heterocycles. The molecule has 1 atom stereocenters. The van der Waals surface area contributed by atoms with Crippen LogP contribution in [0.25, 0.3) is 0 Å². The van der Waals surface area contributed by atoms with Gasteiger partial charge in [-0.1, -0.05) is 18.6 Å². The van der Waals surface area contributed by atoms with Crippen LogP contribution in [0, 0.1) is 0 Å². The van der Waals surface area contributed by atoms with E-state index in [9.17, 15) is 0 Å². The normalized spacial score (nSPS) is 18.9. The fourth-order valence-electron chi connectivity index (χ4n) is 4.21. The molecule has 1 unspecified atom stereocenters. The number of aryl methyl sites for hydroxylation is 1.